The number of nitriles is 1. The smallest absolute Gasteiger partial charge is 0.247 e. The van der Waals surface area contributed by atoms with Gasteiger partial charge in [0, 0.05) is 37.6 Å². The van der Waals surface area contributed by atoms with Gasteiger partial charge in [0.15, 0.2) is 5.82 Å². The molecule has 0 saturated carbocycles. The maximum atomic E-state index is 13.1. The Morgan fingerprint density at radius 3 is 2.29 bits per heavy atom. The monoisotopic (exact) mass is 375 g/mol. The van der Waals surface area contributed by atoms with Crippen LogP contribution < -0.4 is 15.1 Å². The molecule has 2 aromatic carbocycles. The zero-order valence-electron chi connectivity index (χ0n) is 15.1. The number of benzene rings is 2. The molecule has 8 heteroatoms. The molecule has 1 aliphatic rings. The molecular formula is C20H18FN7. The van der Waals surface area contributed by atoms with Crippen molar-refractivity contribution < 1.29 is 4.39 Å². The van der Waals surface area contributed by atoms with Crippen molar-refractivity contribution in [3.63, 3.8) is 0 Å². The van der Waals surface area contributed by atoms with E-state index < -0.39 is 0 Å². The molecule has 0 amide bonds. The van der Waals surface area contributed by atoms with Crippen LogP contribution in [-0.4, -0.2) is 41.4 Å². The van der Waals surface area contributed by atoms with Gasteiger partial charge >= 0.3 is 0 Å². The summed E-state index contributed by atoms with van der Waals surface area (Å²) >= 11 is 0. The number of piperazine rings is 1. The third kappa shape index (κ3) is 3.99. The predicted molar refractivity (Wildman–Crippen MR) is 105 cm³/mol. The second kappa shape index (κ2) is 7.88. The highest BCUT2D eigenvalue weighted by Gasteiger charge is 2.20. The van der Waals surface area contributed by atoms with Gasteiger partial charge in [-0.25, -0.2) is 4.39 Å². The maximum Gasteiger partial charge on any atom is 0.247 e. The van der Waals surface area contributed by atoms with Crippen LogP contribution in [0.25, 0.3) is 0 Å². The Labute approximate surface area is 162 Å². The van der Waals surface area contributed by atoms with Crippen LogP contribution in [0.3, 0.4) is 0 Å². The third-order valence-corrected chi connectivity index (χ3v) is 4.59. The molecule has 2 heterocycles. The maximum absolute atomic E-state index is 13.1. The molecule has 1 saturated heterocycles. The van der Waals surface area contributed by atoms with Gasteiger partial charge in [-0.3, -0.25) is 0 Å². The van der Waals surface area contributed by atoms with E-state index in [0.717, 1.165) is 37.6 Å². The van der Waals surface area contributed by atoms with Gasteiger partial charge in [0.05, 0.1) is 17.8 Å². The quantitative estimate of drug-likeness (QED) is 0.751. The molecule has 7 nitrogen and oxygen atoms in total. The molecule has 28 heavy (non-hydrogen) atoms. The number of hydrogen-bond acceptors (Lipinski definition) is 7. The zero-order chi connectivity index (χ0) is 19.3. The molecule has 0 bridgehead atoms. The minimum atomic E-state index is -0.228. The molecule has 4 rings (SSSR count). The Hall–Kier alpha value is -3.73. The van der Waals surface area contributed by atoms with Crippen molar-refractivity contribution in [2.75, 3.05) is 41.3 Å². The van der Waals surface area contributed by atoms with E-state index in [1.165, 1.54) is 12.1 Å². The number of rotatable bonds is 4. The van der Waals surface area contributed by atoms with Gasteiger partial charge in [-0.05, 0) is 48.5 Å². The fourth-order valence-electron chi connectivity index (χ4n) is 3.08. The first-order chi connectivity index (χ1) is 13.7. The molecule has 1 aliphatic heterocycles. The SMILES string of the molecule is N#Cc1ccc(Nc2cnnc(N3CCN(c4ccc(F)cc4)CC3)n2)cc1. The van der Waals surface area contributed by atoms with Gasteiger partial charge in [-0.2, -0.15) is 15.3 Å². The van der Waals surface area contributed by atoms with Crippen molar-refractivity contribution in [3.8, 4) is 6.07 Å². The topological polar surface area (TPSA) is 81.0 Å². The molecule has 0 radical (unpaired) electrons. The summed E-state index contributed by atoms with van der Waals surface area (Å²) in [6.07, 6.45) is 1.57. The second-order valence-corrected chi connectivity index (χ2v) is 6.41. The number of hydrogen-bond donors (Lipinski definition) is 1. The lowest BCUT2D eigenvalue weighted by Gasteiger charge is -2.35. The summed E-state index contributed by atoms with van der Waals surface area (Å²) in [5.74, 6) is 0.932. The Balaban J connectivity index is 1.40. The van der Waals surface area contributed by atoms with Gasteiger partial charge in [0.25, 0.3) is 0 Å². The summed E-state index contributed by atoms with van der Waals surface area (Å²) in [6, 6.07) is 15.8. The minimum absolute atomic E-state index is 0.228. The van der Waals surface area contributed by atoms with Crippen molar-refractivity contribution in [3.05, 3.63) is 66.1 Å². The van der Waals surface area contributed by atoms with Crippen LogP contribution in [0.4, 0.5) is 27.5 Å². The Morgan fingerprint density at radius 2 is 1.61 bits per heavy atom. The van der Waals surface area contributed by atoms with E-state index in [1.54, 1.807) is 30.5 Å². The lowest BCUT2D eigenvalue weighted by Crippen LogP contribution is -2.47. The van der Waals surface area contributed by atoms with Crippen LogP contribution in [0.1, 0.15) is 5.56 Å². The highest BCUT2D eigenvalue weighted by molar-refractivity contribution is 5.57. The first kappa shape index (κ1) is 17.7. The van der Waals surface area contributed by atoms with Crippen molar-refractivity contribution in [2.45, 2.75) is 0 Å². The largest absolute Gasteiger partial charge is 0.368 e. The van der Waals surface area contributed by atoms with E-state index in [1.807, 2.05) is 12.1 Å². The van der Waals surface area contributed by atoms with E-state index >= 15 is 0 Å². The van der Waals surface area contributed by atoms with E-state index in [9.17, 15) is 4.39 Å². The first-order valence-corrected chi connectivity index (χ1v) is 8.94. The van der Waals surface area contributed by atoms with Crippen molar-refractivity contribution >= 4 is 23.1 Å². The van der Waals surface area contributed by atoms with Gasteiger partial charge in [-0.1, -0.05) is 0 Å². The van der Waals surface area contributed by atoms with E-state index in [0.29, 0.717) is 17.3 Å². The predicted octanol–water partition coefficient (Wildman–Crippen LogP) is 2.95. The summed E-state index contributed by atoms with van der Waals surface area (Å²) in [6.45, 7) is 3.09. The third-order valence-electron chi connectivity index (χ3n) is 4.59. The first-order valence-electron chi connectivity index (χ1n) is 8.94. The molecule has 0 unspecified atom stereocenters. The summed E-state index contributed by atoms with van der Waals surface area (Å²) in [5, 5.41) is 20.3. The molecule has 1 aromatic heterocycles. The summed E-state index contributed by atoms with van der Waals surface area (Å²) in [5.41, 5.74) is 2.44. The Kier molecular flexibility index (Phi) is 4.97. The molecule has 140 valence electrons. The fraction of sp³-hybridized carbons (Fsp3) is 0.200. The lowest BCUT2D eigenvalue weighted by molar-refractivity contribution is 0.622. The van der Waals surface area contributed by atoms with Crippen LogP contribution in [0.15, 0.2) is 54.7 Å². The molecule has 0 aliphatic carbocycles. The van der Waals surface area contributed by atoms with Crippen LogP contribution in [0.5, 0.6) is 0 Å². The van der Waals surface area contributed by atoms with Gasteiger partial charge in [0.2, 0.25) is 5.95 Å². The fourth-order valence-corrected chi connectivity index (χ4v) is 3.08. The van der Waals surface area contributed by atoms with Crippen LogP contribution in [-0.2, 0) is 0 Å². The summed E-state index contributed by atoms with van der Waals surface area (Å²) in [7, 11) is 0. The number of halogens is 1. The van der Waals surface area contributed by atoms with Gasteiger partial charge in [0.1, 0.15) is 5.82 Å². The molecular weight excluding hydrogens is 357 g/mol. The van der Waals surface area contributed by atoms with Crippen LogP contribution in [0, 0.1) is 17.1 Å². The summed E-state index contributed by atoms with van der Waals surface area (Å²) < 4.78 is 13.1. The number of anilines is 4. The normalized spacial score (nSPS) is 13.9. The lowest BCUT2D eigenvalue weighted by atomic mass is 10.2. The Bertz CT molecular complexity index is 975. The van der Waals surface area contributed by atoms with E-state index in [4.69, 9.17) is 5.26 Å². The average Bonchev–Trinajstić information content (AvgIpc) is 2.75. The zero-order valence-corrected chi connectivity index (χ0v) is 15.1. The van der Waals surface area contributed by atoms with Gasteiger partial charge < -0.3 is 15.1 Å². The second-order valence-electron chi connectivity index (χ2n) is 6.41. The van der Waals surface area contributed by atoms with Crippen molar-refractivity contribution in [2.24, 2.45) is 0 Å². The number of nitrogens with one attached hydrogen (secondary N) is 1. The minimum Gasteiger partial charge on any atom is -0.368 e. The Morgan fingerprint density at radius 1 is 0.929 bits per heavy atom. The summed E-state index contributed by atoms with van der Waals surface area (Å²) in [4.78, 5) is 8.84. The molecule has 1 fully saturated rings. The highest BCUT2D eigenvalue weighted by atomic mass is 19.1. The van der Waals surface area contributed by atoms with E-state index in [-0.39, 0.29) is 5.82 Å². The van der Waals surface area contributed by atoms with Crippen LogP contribution in [0.2, 0.25) is 0 Å². The number of aromatic nitrogens is 3. The van der Waals surface area contributed by atoms with Crippen molar-refractivity contribution in [1.29, 1.82) is 5.26 Å². The molecule has 0 atom stereocenters. The molecule has 0 spiro atoms. The highest BCUT2D eigenvalue weighted by Crippen LogP contribution is 2.20. The molecule has 3 aromatic rings. The standard InChI is InChI=1S/C20H18FN7/c21-16-3-7-18(8-4-16)27-9-11-28(12-10-27)20-25-19(14-23-26-20)24-17-5-1-15(13-22)2-6-17/h1-8,14H,9-12H2,(H,24,25,26). The number of nitrogens with zero attached hydrogens (tertiary/aromatic N) is 6. The van der Waals surface area contributed by atoms with Gasteiger partial charge in [-0.15, -0.1) is 5.10 Å². The average molecular weight is 375 g/mol. The van der Waals surface area contributed by atoms with Crippen molar-refractivity contribution in [1.82, 2.24) is 15.2 Å². The molecule has 1 N–H and O–H groups in total. The van der Waals surface area contributed by atoms with E-state index in [2.05, 4.69) is 36.4 Å². The van der Waals surface area contributed by atoms with Crippen LogP contribution >= 0.6 is 0 Å².